The minimum absolute atomic E-state index is 0.0114. The molecule has 0 atom stereocenters. The zero-order valence-corrected chi connectivity index (χ0v) is 12.1. The highest BCUT2D eigenvalue weighted by Crippen LogP contribution is 2.24. The van der Waals surface area contributed by atoms with Crippen LogP contribution in [0.3, 0.4) is 0 Å². The quantitative estimate of drug-likeness (QED) is 0.706. The lowest BCUT2D eigenvalue weighted by molar-refractivity contribution is 0.103. The summed E-state index contributed by atoms with van der Waals surface area (Å²) in [6, 6.07) is 20.1. The van der Waals surface area contributed by atoms with Crippen LogP contribution in [0.2, 0.25) is 0 Å². The Bertz CT molecular complexity index is 844. The third kappa shape index (κ3) is 3.37. The molecule has 3 aromatic carbocycles. The number of hydrogen-bond acceptors (Lipinski definition) is 3. The number of phenolic OH excluding ortho intramolecular Hbond substituents is 1. The van der Waals surface area contributed by atoms with Crippen LogP contribution in [0.1, 0.15) is 15.9 Å². The van der Waals surface area contributed by atoms with Gasteiger partial charge < -0.3 is 10.4 Å². The molecule has 0 bridgehead atoms. The summed E-state index contributed by atoms with van der Waals surface area (Å²) in [7, 11) is 0. The average molecular weight is 306 g/mol. The Morgan fingerprint density at radius 3 is 2.43 bits per heavy atom. The van der Waals surface area contributed by atoms with E-state index in [-0.39, 0.29) is 17.3 Å². The molecule has 113 valence electrons. The van der Waals surface area contributed by atoms with Gasteiger partial charge in [-0.05, 0) is 48.5 Å². The van der Waals surface area contributed by atoms with E-state index in [1.165, 1.54) is 30.3 Å². The van der Waals surface area contributed by atoms with Crippen molar-refractivity contribution in [1.29, 1.82) is 0 Å². The number of rotatable bonds is 4. The Kier molecular flexibility index (Phi) is 4.06. The molecule has 0 amide bonds. The van der Waals surface area contributed by atoms with Gasteiger partial charge >= 0.3 is 0 Å². The molecule has 0 fully saturated rings. The van der Waals surface area contributed by atoms with Crippen molar-refractivity contribution < 1.29 is 14.3 Å². The maximum Gasteiger partial charge on any atom is 0.195 e. The second-order valence-electron chi connectivity index (χ2n) is 4.96. The van der Waals surface area contributed by atoms with E-state index in [0.29, 0.717) is 22.5 Å². The van der Waals surface area contributed by atoms with E-state index in [1.807, 2.05) is 0 Å². The zero-order valence-electron chi connectivity index (χ0n) is 12.1. The topological polar surface area (TPSA) is 49.3 Å². The molecule has 3 rings (SSSR count). The minimum atomic E-state index is -0.387. The number of carbonyl (C=O) groups is 1. The molecule has 0 unspecified atom stereocenters. The molecule has 0 aliphatic heterocycles. The van der Waals surface area contributed by atoms with Crippen LogP contribution in [-0.2, 0) is 0 Å². The number of para-hydroxylation sites is 1. The Hall–Kier alpha value is -3.14. The van der Waals surface area contributed by atoms with Crippen LogP contribution in [-0.4, -0.2) is 10.9 Å². The summed E-state index contributed by atoms with van der Waals surface area (Å²) in [5, 5.41) is 12.5. The van der Waals surface area contributed by atoms with E-state index in [1.54, 1.807) is 36.4 Å². The highest BCUT2D eigenvalue weighted by Gasteiger charge is 2.13. The molecule has 0 heterocycles. The fourth-order valence-electron chi connectivity index (χ4n) is 2.22. The van der Waals surface area contributed by atoms with E-state index < -0.39 is 0 Å². The van der Waals surface area contributed by atoms with Crippen LogP contribution >= 0.6 is 0 Å². The summed E-state index contributed by atoms with van der Waals surface area (Å²) in [6.45, 7) is 0. The van der Waals surface area contributed by atoms with Gasteiger partial charge in [0.05, 0.1) is 11.8 Å². The van der Waals surface area contributed by atoms with Crippen molar-refractivity contribution in [3.8, 4) is 5.75 Å². The van der Waals surface area contributed by atoms with Crippen molar-refractivity contribution in [1.82, 2.24) is 0 Å². The van der Waals surface area contributed by atoms with Gasteiger partial charge in [-0.25, -0.2) is 4.39 Å². The number of nitrogens with one attached hydrogen (secondary N) is 1. The van der Waals surface area contributed by atoms with Gasteiger partial charge in [0.25, 0.3) is 0 Å². The monoisotopic (exact) mass is 306 g/mol. The number of benzene rings is 3. The molecule has 4 heteroatoms. The lowest BCUT2D eigenvalue weighted by Gasteiger charge is -2.11. The molecule has 23 heavy (non-hydrogen) atoms. The predicted octanol–water partition coefficient (Wildman–Crippen LogP) is 4.31. The number of carbonyl (C=O) groups excluding carboxylic acids is 1. The van der Waals surface area contributed by atoms with E-state index in [9.17, 15) is 14.3 Å². The Morgan fingerprint density at radius 2 is 1.70 bits per heavy atom. The van der Waals surface area contributed by atoms with Gasteiger partial charge in [0, 0.05) is 16.8 Å². The van der Waals surface area contributed by atoms with Crippen LogP contribution < -0.4 is 5.32 Å². The number of hydrogen-bond donors (Lipinski definition) is 2. The van der Waals surface area contributed by atoms with Crippen molar-refractivity contribution >= 4 is 17.2 Å². The van der Waals surface area contributed by atoms with E-state index >= 15 is 0 Å². The number of halogens is 1. The number of aromatic hydroxyl groups is 1. The Morgan fingerprint density at radius 1 is 0.957 bits per heavy atom. The van der Waals surface area contributed by atoms with Gasteiger partial charge in [-0.15, -0.1) is 0 Å². The van der Waals surface area contributed by atoms with Gasteiger partial charge in [-0.3, -0.25) is 4.79 Å². The SMILES string of the molecule is O=C(c1ccc(F)cc1)c1ccccc1Nc1[c]c(O)ccc1. The number of ketones is 1. The summed E-state index contributed by atoms with van der Waals surface area (Å²) >= 11 is 0. The summed E-state index contributed by atoms with van der Waals surface area (Å²) in [6.07, 6.45) is 0. The molecule has 3 nitrogen and oxygen atoms in total. The van der Waals surface area contributed by atoms with Gasteiger partial charge in [0.1, 0.15) is 11.6 Å². The normalized spacial score (nSPS) is 10.3. The van der Waals surface area contributed by atoms with Crippen molar-refractivity contribution in [2.24, 2.45) is 0 Å². The Balaban J connectivity index is 1.94. The molecule has 0 spiro atoms. The standard InChI is InChI=1S/C19H13FNO2/c20-14-10-8-13(9-11-14)19(23)17-6-1-2-7-18(17)21-15-4-3-5-16(22)12-15/h1-11,21-22H. The first-order valence-corrected chi connectivity index (χ1v) is 7.01. The summed E-state index contributed by atoms with van der Waals surface area (Å²) in [4.78, 5) is 12.6. The van der Waals surface area contributed by atoms with Gasteiger partial charge in [-0.2, -0.15) is 0 Å². The molecule has 0 aromatic heterocycles. The van der Waals surface area contributed by atoms with Crippen LogP contribution in [0.5, 0.6) is 5.75 Å². The molecular formula is C19H13FNO2. The van der Waals surface area contributed by atoms with Crippen molar-refractivity contribution in [2.75, 3.05) is 5.32 Å². The van der Waals surface area contributed by atoms with E-state index in [4.69, 9.17) is 0 Å². The van der Waals surface area contributed by atoms with E-state index in [2.05, 4.69) is 11.4 Å². The van der Waals surface area contributed by atoms with Crippen molar-refractivity contribution in [2.45, 2.75) is 0 Å². The lowest BCUT2D eigenvalue weighted by atomic mass is 10.0. The molecule has 0 aliphatic rings. The first-order valence-electron chi connectivity index (χ1n) is 7.01. The smallest absolute Gasteiger partial charge is 0.195 e. The third-order valence-electron chi connectivity index (χ3n) is 3.33. The van der Waals surface area contributed by atoms with Crippen LogP contribution in [0.15, 0.2) is 66.7 Å². The Labute approximate surface area is 133 Å². The first-order chi connectivity index (χ1) is 11.1. The van der Waals surface area contributed by atoms with Crippen LogP contribution in [0.4, 0.5) is 15.8 Å². The van der Waals surface area contributed by atoms with Crippen molar-refractivity contribution in [3.05, 3.63) is 89.7 Å². The average Bonchev–Trinajstić information content (AvgIpc) is 2.55. The first kappa shape index (κ1) is 14.8. The van der Waals surface area contributed by atoms with Gasteiger partial charge in [0.2, 0.25) is 0 Å². The van der Waals surface area contributed by atoms with Crippen LogP contribution in [0, 0.1) is 11.9 Å². The second-order valence-corrected chi connectivity index (χ2v) is 4.96. The highest BCUT2D eigenvalue weighted by atomic mass is 19.1. The summed E-state index contributed by atoms with van der Waals surface area (Å²) in [5.41, 5.74) is 1.99. The molecule has 2 N–H and O–H groups in total. The largest absolute Gasteiger partial charge is 0.507 e. The van der Waals surface area contributed by atoms with Crippen molar-refractivity contribution in [3.63, 3.8) is 0 Å². The third-order valence-corrected chi connectivity index (χ3v) is 3.33. The lowest BCUT2D eigenvalue weighted by Crippen LogP contribution is -2.05. The number of anilines is 2. The highest BCUT2D eigenvalue weighted by molar-refractivity contribution is 6.12. The van der Waals surface area contributed by atoms with E-state index in [0.717, 1.165) is 0 Å². The molecule has 0 saturated heterocycles. The molecular weight excluding hydrogens is 293 g/mol. The van der Waals surface area contributed by atoms with Crippen LogP contribution in [0.25, 0.3) is 0 Å². The molecule has 0 saturated carbocycles. The van der Waals surface area contributed by atoms with Gasteiger partial charge in [-0.1, -0.05) is 18.2 Å². The number of phenols is 1. The molecule has 0 aliphatic carbocycles. The zero-order chi connectivity index (χ0) is 16.2. The predicted molar refractivity (Wildman–Crippen MR) is 86.5 cm³/mol. The fraction of sp³-hybridized carbons (Fsp3) is 0. The minimum Gasteiger partial charge on any atom is -0.507 e. The maximum absolute atomic E-state index is 13.0. The fourth-order valence-corrected chi connectivity index (χ4v) is 2.22. The molecule has 1 radical (unpaired) electrons. The molecule has 3 aromatic rings. The summed E-state index contributed by atoms with van der Waals surface area (Å²) in [5.74, 6) is -0.590. The summed E-state index contributed by atoms with van der Waals surface area (Å²) < 4.78 is 13.0. The second kappa shape index (κ2) is 6.32. The maximum atomic E-state index is 13.0. The van der Waals surface area contributed by atoms with Gasteiger partial charge in [0.15, 0.2) is 5.78 Å².